The van der Waals surface area contributed by atoms with Crippen LogP contribution in [0.4, 0.5) is 0 Å². The van der Waals surface area contributed by atoms with Crippen LogP contribution in [-0.2, 0) is 17.6 Å². The number of carbonyl (C=O) groups is 1. The number of nitrogens with zero attached hydrogens (tertiary/aromatic N) is 5. The van der Waals surface area contributed by atoms with Crippen molar-refractivity contribution in [2.24, 2.45) is 11.8 Å². The molecule has 1 aliphatic heterocycles. The topological polar surface area (TPSA) is 97.3 Å². The molecule has 1 aliphatic carbocycles. The Morgan fingerprint density at radius 3 is 2.71 bits per heavy atom. The molecule has 0 radical (unpaired) electrons. The van der Waals surface area contributed by atoms with E-state index in [1.54, 1.807) is 12.3 Å². The van der Waals surface area contributed by atoms with Gasteiger partial charge in [0.1, 0.15) is 5.76 Å². The van der Waals surface area contributed by atoms with Gasteiger partial charge in [0, 0.05) is 44.6 Å². The van der Waals surface area contributed by atoms with Crippen molar-refractivity contribution in [3.8, 4) is 0 Å². The Kier molecular flexibility index (Phi) is 5.55. The van der Waals surface area contributed by atoms with Crippen molar-refractivity contribution in [1.82, 2.24) is 25.1 Å². The molecule has 0 bridgehead atoms. The molecule has 1 saturated heterocycles. The number of fused-ring (bicyclic) bond motifs is 1. The molecule has 8 heteroatoms. The van der Waals surface area contributed by atoms with Crippen LogP contribution in [0.5, 0.6) is 0 Å². The van der Waals surface area contributed by atoms with Crippen molar-refractivity contribution in [2.45, 2.75) is 44.2 Å². The van der Waals surface area contributed by atoms with Gasteiger partial charge in [-0.1, -0.05) is 40.7 Å². The number of rotatable bonds is 6. The third-order valence-electron chi connectivity index (χ3n) is 6.66. The first kappa shape index (κ1) is 19.9. The summed E-state index contributed by atoms with van der Waals surface area (Å²) in [5.74, 6) is 1.60. The first-order valence-corrected chi connectivity index (χ1v) is 11.0. The molecule has 0 spiro atoms. The molecule has 3 heterocycles. The molecule has 2 fully saturated rings. The average Bonchev–Trinajstić information content (AvgIpc) is 3.53. The van der Waals surface area contributed by atoms with Crippen molar-refractivity contribution in [3.05, 3.63) is 65.8 Å². The monoisotopic (exact) mass is 421 g/mol. The lowest BCUT2D eigenvalue weighted by Gasteiger charge is -2.34. The van der Waals surface area contributed by atoms with Crippen LogP contribution in [0.1, 0.15) is 42.3 Å². The van der Waals surface area contributed by atoms with Gasteiger partial charge in [-0.05, 0) is 30.2 Å². The van der Waals surface area contributed by atoms with E-state index < -0.39 is 6.10 Å². The predicted molar refractivity (Wildman–Crippen MR) is 112 cm³/mol. The number of carbonyl (C=O) groups excluding carboxylic acids is 1. The largest absolute Gasteiger partial charge is 0.391 e. The third-order valence-corrected chi connectivity index (χ3v) is 6.66. The van der Waals surface area contributed by atoms with E-state index in [1.807, 2.05) is 34.0 Å². The number of likely N-dealkylation sites (tertiary alicyclic amines) is 1. The molecule has 162 valence electrons. The van der Waals surface area contributed by atoms with Crippen LogP contribution in [0.2, 0.25) is 0 Å². The second-order valence-corrected chi connectivity index (χ2v) is 8.76. The summed E-state index contributed by atoms with van der Waals surface area (Å²) in [6.45, 7) is 1.47. The lowest BCUT2D eigenvalue weighted by Crippen LogP contribution is -2.36. The number of amides is 1. The summed E-state index contributed by atoms with van der Waals surface area (Å²) in [7, 11) is 0. The Bertz CT molecular complexity index is 1000. The molecule has 2 aliphatic rings. The molecule has 1 aromatic carbocycles. The van der Waals surface area contributed by atoms with Gasteiger partial charge in [0.05, 0.1) is 24.0 Å². The Hall–Kier alpha value is -3.00. The maximum absolute atomic E-state index is 12.7. The molecule has 31 heavy (non-hydrogen) atoms. The highest BCUT2D eigenvalue weighted by molar-refractivity contribution is 5.76. The van der Waals surface area contributed by atoms with Crippen molar-refractivity contribution >= 4 is 5.91 Å². The zero-order chi connectivity index (χ0) is 21.2. The van der Waals surface area contributed by atoms with Crippen molar-refractivity contribution in [3.63, 3.8) is 0 Å². The van der Waals surface area contributed by atoms with E-state index in [1.165, 1.54) is 5.56 Å². The molecule has 5 rings (SSSR count). The summed E-state index contributed by atoms with van der Waals surface area (Å²) in [6, 6.07) is 11.9. The second-order valence-electron chi connectivity index (χ2n) is 8.76. The van der Waals surface area contributed by atoms with Gasteiger partial charge < -0.3 is 14.5 Å². The van der Waals surface area contributed by atoms with Gasteiger partial charge >= 0.3 is 0 Å². The van der Waals surface area contributed by atoms with Crippen molar-refractivity contribution in [2.75, 3.05) is 13.1 Å². The highest BCUT2D eigenvalue weighted by Crippen LogP contribution is 2.41. The molecular weight excluding hydrogens is 394 g/mol. The fourth-order valence-corrected chi connectivity index (χ4v) is 5.02. The lowest BCUT2D eigenvalue weighted by molar-refractivity contribution is -0.130. The molecule has 2 aromatic heterocycles. The average molecular weight is 422 g/mol. The van der Waals surface area contributed by atoms with E-state index in [4.69, 9.17) is 4.52 Å². The SMILES string of the molecule is O=C(CCc1ccno1)N1C[C@H]2C[C@@H](n3cc(Cc4ccccc4)nn3)[C@H](O)C[C@H]2C1. The molecule has 0 unspecified atom stereocenters. The highest BCUT2D eigenvalue weighted by atomic mass is 16.5. The Morgan fingerprint density at radius 1 is 1.13 bits per heavy atom. The van der Waals surface area contributed by atoms with Crippen LogP contribution in [0.25, 0.3) is 0 Å². The first-order valence-electron chi connectivity index (χ1n) is 11.0. The van der Waals surface area contributed by atoms with Crippen molar-refractivity contribution in [1.29, 1.82) is 0 Å². The first-order chi connectivity index (χ1) is 15.2. The number of aliphatic hydroxyl groups excluding tert-OH is 1. The van der Waals surface area contributed by atoms with Crippen LogP contribution in [0.15, 0.2) is 53.3 Å². The van der Waals surface area contributed by atoms with Crippen LogP contribution >= 0.6 is 0 Å². The van der Waals surface area contributed by atoms with Gasteiger partial charge in [0.2, 0.25) is 5.91 Å². The summed E-state index contributed by atoms with van der Waals surface area (Å²) in [6.07, 6.45) is 6.30. The van der Waals surface area contributed by atoms with E-state index in [0.29, 0.717) is 31.1 Å². The number of benzene rings is 1. The van der Waals surface area contributed by atoms with Crippen LogP contribution < -0.4 is 0 Å². The maximum atomic E-state index is 12.7. The van der Waals surface area contributed by atoms with E-state index in [0.717, 1.165) is 37.4 Å². The van der Waals surface area contributed by atoms with Crippen LogP contribution in [0.3, 0.4) is 0 Å². The Labute approximate surface area is 180 Å². The fraction of sp³-hybridized carbons (Fsp3) is 0.478. The van der Waals surface area contributed by atoms with Crippen LogP contribution in [0, 0.1) is 11.8 Å². The van der Waals surface area contributed by atoms with Gasteiger partial charge in [-0.25, -0.2) is 4.68 Å². The van der Waals surface area contributed by atoms with Crippen molar-refractivity contribution < 1.29 is 14.4 Å². The summed E-state index contributed by atoms with van der Waals surface area (Å²) in [5, 5.41) is 23.1. The van der Waals surface area contributed by atoms with E-state index in [2.05, 4.69) is 27.6 Å². The summed E-state index contributed by atoms with van der Waals surface area (Å²) in [4.78, 5) is 14.6. The minimum Gasteiger partial charge on any atom is -0.391 e. The summed E-state index contributed by atoms with van der Waals surface area (Å²) < 4.78 is 6.92. The number of aliphatic hydroxyl groups is 1. The Morgan fingerprint density at radius 2 is 1.94 bits per heavy atom. The summed E-state index contributed by atoms with van der Waals surface area (Å²) >= 11 is 0. The molecular formula is C23H27N5O3. The predicted octanol–water partition coefficient (Wildman–Crippen LogP) is 2.26. The van der Waals surface area contributed by atoms with Crippen LogP contribution in [-0.4, -0.2) is 55.3 Å². The van der Waals surface area contributed by atoms with Gasteiger partial charge in [-0.3, -0.25) is 4.79 Å². The number of hydrogen-bond acceptors (Lipinski definition) is 6. The zero-order valence-electron chi connectivity index (χ0n) is 17.4. The smallest absolute Gasteiger partial charge is 0.223 e. The van der Waals surface area contributed by atoms with E-state index in [9.17, 15) is 9.90 Å². The molecule has 8 nitrogen and oxygen atoms in total. The number of aryl methyl sites for hydroxylation is 1. The fourth-order valence-electron chi connectivity index (χ4n) is 5.02. The molecule has 3 aromatic rings. The zero-order valence-corrected chi connectivity index (χ0v) is 17.4. The third kappa shape index (κ3) is 4.39. The normalized spacial score (nSPS) is 25.5. The quantitative estimate of drug-likeness (QED) is 0.656. The van der Waals surface area contributed by atoms with Gasteiger partial charge in [0.25, 0.3) is 0 Å². The number of aromatic nitrogens is 4. The second kappa shape index (κ2) is 8.63. The highest BCUT2D eigenvalue weighted by Gasteiger charge is 2.43. The standard InChI is InChI=1S/C23H27N5O3/c29-22-12-18-14-27(23(30)7-6-20-8-9-24-31-20)13-17(18)11-21(22)28-15-19(25-26-28)10-16-4-2-1-3-5-16/h1-5,8-9,15,17-18,21-22,29H,6-7,10-14H2/t17-,18+,21-,22-/m1/s1. The minimum atomic E-state index is -0.475. The minimum absolute atomic E-state index is 0.0949. The van der Waals surface area contributed by atoms with Gasteiger partial charge in [0.15, 0.2) is 0 Å². The number of hydrogen-bond donors (Lipinski definition) is 1. The summed E-state index contributed by atoms with van der Waals surface area (Å²) in [5.41, 5.74) is 2.09. The van der Waals surface area contributed by atoms with E-state index >= 15 is 0 Å². The van der Waals surface area contributed by atoms with Gasteiger partial charge in [-0.15, -0.1) is 5.10 Å². The van der Waals surface area contributed by atoms with E-state index in [-0.39, 0.29) is 11.9 Å². The maximum Gasteiger partial charge on any atom is 0.223 e. The molecule has 4 atom stereocenters. The lowest BCUT2D eigenvalue weighted by atomic mass is 9.77. The molecule has 1 saturated carbocycles. The Balaban J connectivity index is 1.20. The van der Waals surface area contributed by atoms with Gasteiger partial charge in [-0.2, -0.15) is 0 Å². The molecule has 1 amide bonds. The molecule has 1 N–H and O–H groups in total.